The zero-order valence-corrected chi connectivity index (χ0v) is 18.1. The van der Waals surface area contributed by atoms with E-state index in [2.05, 4.69) is 4.98 Å². The highest BCUT2D eigenvalue weighted by Crippen LogP contribution is 2.35. The molecule has 0 atom stereocenters. The van der Waals surface area contributed by atoms with Gasteiger partial charge in [0.15, 0.2) is 5.13 Å². The van der Waals surface area contributed by atoms with Gasteiger partial charge >= 0.3 is 0 Å². The molecule has 1 amide bonds. The SMILES string of the molecule is Cc1c(C(=O)N(Cc2cccnc2)c2nc3c(C)ccc(C)c3s2)cccc1[N+](=O)[O-]. The number of nitro groups is 1. The Morgan fingerprint density at radius 2 is 1.87 bits per heavy atom. The van der Waals surface area contributed by atoms with E-state index in [0.29, 0.717) is 10.7 Å². The highest BCUT2D eigenvalue weighted by atomic mass is 32.1. The van der Waals surface area contributed by atoms with Crippen molar-refractivity contribution in [3.63, 3.8) is 0 Å². The molecule has 0 aliphatic heterocycles. The molecule has 0 fully saturated rings. The number of aryl methyl sites for hydroxylation is 2. The lowest BCUT2D eigenvalue weighted by Gasteiger charge is -2.21. The fraction of sp³-hybridized carbons (Fsp3) is 0.174. The van der Waals surface area contributed by atoms with Crippen molar-refractivity contribution in [2.75, 3.05) is 4.90 Å². The second kappa shape index (κ2) is 8.23. The van der Waals surface area contributed by atoms with Crippen LogP contribution in [0.3, 0.4) is 0 Å². The molecule has 31 heavy (non-hydrogen) atoms. The lowest BCUT2D eigenvalue weighted by molar-refractivity contribution is -0.385. The average molecular weight is 433 g/mol. The fourth-order valence-corrected chi connectivity index (χ4v) is 4.57. The van der Waals surface area contributed by atoms with Crippen molar-refractivity contribution in [1.29, 1.82) is 0 Å². The van der Waals surface area contributed by atoms with E-state index in [0.717, 1.165) is 26.9 Å². The zero-order valence-electron chi connectivity index (χ0n) is 17.3. The molecule has 0 aliphatic rings. The predicted molar refractivity (Wildman–Crippen MR) is 122 cm³/mol. The Morgan fingerprint density at radius 3 is 2.55 bits per heavy atom. The first-order chi connectivity index (χ1) is 14.9. The summed E-state index contributed by atoms with van der Waals surface area (Å²) in [5.74, 6) is -0.334. The lowest BCUT2D eigenvalue weighted by atomic mass is 10.1. The van der Waals surface area contributed by atoms with Gasteiger partial charge in [-0.2, -0.15) is 0 Å². The van der Waals surface area contributed by atoms with Crippen LogP contribution in [0.25, 0.3) is 10.2 Å². The molecule has 0 spiro atoms. The number of rotatable bonds is 5. The Morgan fingerprint density at radius 1 is 1.10 bits per heavy atom. The minimum absolute atomic E-state index is 0.0804. The van der Waals surface area contributed by atoms with Gasteiger partial charge in [-0.25, -0.2) is 4.98 Å². The first-order valence-corrected chi connectivity index (χ1v) is 10.5. The number of pyridine rings is 1. The Balaban J connectivity index is 1.85. The lowest BCUT2D eigenvalue weighted by Crippen LogP contribution is -2.31. The number of hydrogen-bond acceptors (Lipinski definition) is 6. The molecule has 0 N–H and O–H groups in total. The minimum atomic E-state index is -0.470. The molecule has 156 valence electrons. The smallest absolute Gasteiger partial charge is 0.273 e. The van der Waals surface area contributed by atoms with Crippen LogP contribution in [0.1, 0.15) is 32.6 Å². The Bertz CT molecular complexity index is 1260. The third-order valence-corrected chi connectivity index (χ3v) is 6.42. The van der Waals surface area contributed by atoms with Gasteiger partial charge in [-0.05, 0) is 49.6 Å². The molecule has 4 aromatic rings. The summed E-state index contributed by atoms with van der Waals surface area (Å²) in [5, 5.41) is 11.9. The molecule has 7 nitrogen and oxygen atoms in total. The standard InChI is InChI=1S/C23H20N4O3S/c1-14-9-10-15(2)21-20(14)25-23(31-21)26(13-17-6-5-11-24-12-17)22(28)18-7-4-8-19(16(18)3)27(29)30/h4-12H,13H2,1-3H3. The van der Waals surface area contributed by atoms with E-state index in [1.807, 2.05) is 38.1 Å². The number of anilines is 1. The second-order valence-electron chi connectivity index (χ2n) is 7.33. The van der Waals surface area contributed by atoms with Crippen molar-refractivity contribution in [3.05, 3.63) is 92.8 Å². The summed E-state index contributed by atoms with van der Waals surface area (Å²) in [7, 11) is 0. The summed E-state index contributed by atoms with van der Waals surface area (Å²) in [6.45, 7) is 5.86. The van der Waals surface area contributed by atoms with Gasteiger partial charge in [0.25, 0.3) is 11.6 Å². The number of benzene rings is 2. The summed E-state index contributed by atoms with van der Waals surface area (Å²) in [4.78, 5) is 35.0. The number of thiazole rings is 1. The highest BCUT2D eigenvalue weighted by Gasteiger charge is 2.26. The van der Waals surface area contributed by atoms with Crippen LogP contribution in [0.5, 0.6) is 0 Å². The molecular weight excluding hydrogens is 412 g/mol. The summed E-state index contributed by atoms with van der Waals surface area (Å²) in [5.41, 5.74) is 4.36. The number of nitrogens with zero attached hydrogens (tertiary/aromatic N) is 4. The van der Waals surface area contributed by atoms with Crippen LogP contribution >= 0.6 is 11.3 Å². The summed E-state index contributed by atoms with van der Waals surface area (Å²) >= 11 is 1.44. The minimum Gasteiger partial charge on any atom is -0.279 e. The molecule has 8 heteroatoms. The van der Waals surface area contributed by atoms with E-state index in [9.17, 15) is 14.9 Å². The van der Waals surface area contributed by atoms with Gasteiger partial charge < -0.3 is 0 Å². The van der Waals surface area contributed by atoms with Gasteiger partial charge in [-0.3, -0.25) is 24.8 Å². The molecule has 2 heterocycles. The van der Waals surface area contributed by atoms with Gasteiger partial charge in [0.1, 0.15) is 0 Å². The largest absolute Gasteiger partial charge is 0.279 e. The molecule has 0 saturated carbocycles. The molecule has 2 aromatic heterocycles. The van der Waals surface area contributed by atoms with Crippen molar-refractivity contribution in [3.8, 4) is 0 Å². The average Bonchev–Trinajstić information content (AvgIpc) is 3.21. The topological polar surface area (TPSA) is 89.2 Å². The Labute approximate surface area is 183 Å². The number of carbonyl (C=O) groups is 1. The normalized spacial score (nSPS) is 10.9. The van der Waals surface area contributed by atoms with Crippen LogP contribution < -0.4 is 4.90 Å². The maximum Gasteiger partial charge on any atom is 0.273 e. The molecule has 0 bridgehead atoms. The van der Waals surface area contributed by atoms with Crippen molar-refractivity contribution in [1.82, 2.24) is 9.97 Å². The second-order valence-corrected chi connectivity index (χ2v) is 8.31. The van der Waals surface area contributed by atoms with E-state index in [4.69, 9.17) is 4.98 Å². The summed E-state index contributed by atoms with van der Waals surface area (Å²) in [6.07, 6.45) is 3.37. The Hall–Kier alpha value is -3.65. The number of aromatic nitrogens is 2. The van der Waals surface area contributed by atoms with Crippen LogP contribution in [0.4, 0.5) is 10.8 Å². The van der Waals surface area contributed by atoms with E-state index in [1.54, 1.807) is 30.3 Å². The van der Waals surface area contributed by atoms with Crippen molar-refractivity contribution < 1.29 is 9.72 Å². The number of nitro benzene ring substituents is 1. The van der Waals surface area contributed by atoms with Gasteiger partial charge in [0.05, 0.1) is 21.7 Å². The van der Waals surface area contributed by atoms with Gasteiger partial charge in [-0.1, -0.05) is 35.6 Å². The Kier molecular flexibility index (Phi) is 5.48. The molecule has 0 saturated heterocycles. The number of fused-ring (bicyclic) bond motifs is 1. The van der Waals surface area contributed by atoms with E-state index < -0.39 is 4.92 Å². The van der Waals surface area contributed by atoms with E-state index >= 15 is 0 Å². The molecule has 4 rings (SSSR count). The van der Waals surface area contributed by atoms with Gasteiger partial charge in [0.2, 0.25) is 0 Å². The van der Waals surface area contributed by atoms with Gasteiger partial charge in [-0.15, -0.1) is 0 Å². The fourth-order valence-electron chi connectivity index (χ4n) is 3.46. The van der Waals surface area contributed by atoms with Crippen LogP contribution in [0, 0.1) is 30.9 Å². The van der Waals surface area contributed by atoms with E-state index in [1.165, 1.54) is 23.5 Å². The third kappa shape index (κ3) is 3.89. The molecule has 0 aliphatic carbocycles. The van der Waals surface area contributed by atoms with Crippen LogP contribution in [-0.4, -0.2) is 20.8 Å². The van der Waals surface area contributed by atoms with Crippen LogP contribution in [0.2, 0.25) is 0 Å². The van der Waals surface area contributed by atoms with Crippen LogP contribution in [-0.2, 0) is 6.54 Å². The molecule has 2 aromatic carbocycles. The molecule has 0 radical (unpaired) electrons. The van der Waals surface area contributed by atoms with Crippen molar-refractivity contribution in [2.24, 2.45) is 0 Å². The van der Waals surface area contributed by atoms with Crippen LogP contribution in [0.15, 0.2) is 54.9 Å². The van der Waals surface area contributed by atoms with E-state index in [-0.39, 0.29) is 23.7 Å². The summed E-state index contributed by atoms with van der Waals surface area (Å²) in [6, 6.07) is 12.3. The zero-order chi connectivity index (χ0) is 22.1. The maximum atomic E-state index is 13.6. The molecule has 0 unspecified atom stereocenters. The summed E-state index contributed by atoms with van der Waals surface area (Å²) < 4.78 is 1.02. The first-order valence-electron chi connectivity index (χ1n) is 9.68. The quantitative estimate of drug-likeness (QED) is 0.312. The first kappa shape index (κ1) is 20.6. The number of amides is 1. The number of carbonyl (C=O) groups excluding carboxylic acids is 1. The monoisotopic (exact) mass is 432 g/mol. The van der Waals surface area contributed by atoms with Gasteiger partial charge in [0, 0.05) is 29.6 Å². The maximum absolute atomic E-state index is 13.6. The molecular formula is C23H20N4O3S. The van der Waals surface area contributed by atoms with Crippen molar-refractivity contribution >= 4 is 38.3 Å². The number of hydrogen-bond donors (Lipinski definition) is 0. The third-order valence-electron chi connectivity index (χ3n) is 5.20. The van der Waals surface area contributed by atoms with Crippen molar-refractivity contribution in [2.45, 2.75) is 27.3 Å². The highest BCUT2D eigenvalue weighted by molar-refractivity contribution is 7.22. The predicted octanol–water partition coefficient (Wildman–Crippen LogP) is 5.37.